The van der Waals surface area contributed by atoms with E-state index in [1.807, 2.05) is 37.3 Å². The quantitative estimate of drug-likeness (QED) is 0.641. The molecule has 3 rings (SSSR count). The van der Waals surface area contributed by atoms with E-state index in [4.69, 9.17) is 16.3 Å². The number of rotatable bonds is 4. The molecule has 1 heterocycles. The summed E-state index contributed by atoms with van der Waals surface area (Å²) in [5.74, 6) is -0.391. The maximum atomic E-state index is 12.7. The Morgan fingerprint density at radius 1 is 1.36 bits per heavy atom. The van der Waals surface area contributed by atoms with Gasteiger partial charge in [0.25, 0.3) is 0 Å². The van der Waals surface area contributed by atoms with E-state index in [2.05, 4.69) is 4.98 Å². The first kappa shape index (κ1) is 17.5. The number of aromatic nitrogens is 1. The van der Waals surface area contributed by atoms with Gasteiger partial charge in [0, 0.05) is 22.7 Å². The molecule has 0 fully saturated rings. The lowest BCUT2D eigenvalue weighted by molar-refractivity contribution is 0.0542. The monoisotopic (exact) mass is 357 g/mol. The van der Waals surface area contributed by atoms with E-state index in [0.29, 0.717) is 34.7 Å². The molecule has 25 heavy (non-hydrogen) atoms. The summed E-state index contributed by atoms with van der Waals surface area (Å²) in [6, 6.07) is 7.58. The summed E-state index contributed by atoms with van der Waals surface area (Å²) in [4.78, 5) is 28.0. The smallest absolute Gasteiger partial charge is 0.355 e. The van der Waals surface area contributed by atoms with Crippen molar-refractivity contribution in [1.29, 1.82) is 0 Å². The Kier molecular flexibility index (Phi) is 5.09. The number of allylic oxidation sites excluding steroid dienone is 1. The van der Waals surface area contributed by atoms with Crippen LogP contribution in [0.1, 0.15) is 56.9 Å². The number of hydrogen-bond donors (Lipinski definition) is 1. The van der Waals surface area contributed by atoms with E-state index in [-0.39, 0.29) is 18.3 Å². The van der Waals surface area contributed by atoms with Crippen molar-refractivity contribution < 1.29 is 14.3 Å². The van der Waals surface area contributed by atoms with Crippen LogP contribution in [0, 0.1) is 6.92 Å². The SMILES string of the molecule is C/C=C/COC(=O)c1[nH]c2c(c1C)C(=O)C[C@H](c1ccccc1Cl)C2. The van der Waals surface area contributed by atoms with Gasteiger partial charge in [-0.15, -0.1) is 0 Å². The summed E-state index contributed by atoms with van der Waals surface area (Å²) in [5, 5.41) is 0.665. The Balaban J connectivity index is 1.89. The van der Waals surface area contributed by atoms with Crippen molar-refractivity contribution in [3.63, 3.8) is 0 Å². The van der Waals surface area contributed by atoms with Crippen molar-refractivity contribution in [3.8, 4) is 0 Å². The van der Waals surface area contributed by atoms with Crippen molar-refractivity contribution in [3.05, 3.63) is 69.5 Å². The predicted molar refractivity (Wildman–Crippen MR) is 97.5 cm³/mol. The average molecular weight is 358 g/mol. The summed E-state index contributed by atoms with van der Waals surface area (Å²) in [6.45, 7) is 3.86. The highest BCUT2D eigenvalue weighted by Gasteiger charge is 2.32. The minimum absolute atomic E-state index is 0.0126. The molecule has 0 saturated carbocycles. The molecule has 1 atom stereocenters. The van der Waals surface area contributed by atoms with E-state index in [9.17, 15) is 9.59 Å². The van der Waals surface area contributed by atoms with Crippen LogP contribution in [-0.2, 0) is 11.2 Å². The number of carbonyl (C=O) groups excluding carboxylic acids is 2. The number of esters is 1. The molecule has 1 aliphatic carbocycles. The van der Waals surface area contributed by atoms with Gasteiger partial charge in [-0.05, 0) is 43.4 Å². The molecular weight excluding hydrogens is 338 g/mol. The van der Waals surface area contributed by atoms with Crippen LogP contribution in [0.3, 0.4) is 0 Å². The largest absolute Gasteiger partial charge is 0.457 e. The highest BCUT2D eigenvalue weighted by atomic mass is 35.5. The van der Waals surface area contributed by atoms with Gasteiger partial charge >= 0.3 is 5.97 Å². The molecule has 0 amide bonds. The fraction of sp³-hybridized carbons (Fsp3) is 0.300. The van der Waals surface area contributed by atoms with E-state index >= 15 is 0 Å². The second kappa shape index (κ2) is 7.28. The number of ketones is 1. The van der Waals surface area contributed by atoms with Gasteiger partial charge in [0.05, 0.1) is 0 Å². The van der Waals surface area contributed by atoms with Crippen LogP contribution in [-0.4, -0.2) is 23.3 Å². The third kappa shape index (κ3) is 3.40. The third-order valence-corrected chi connectivity index (χ3v) is 4.93. The Bertz CT molecular complexity index is 851. The molecule has 2 aromatic rings. The number of carbonyl (C=O) groups is 2. The second-order valence-corrected chi connectivity index (χ2v) is 6.60. The van der Waals surface area contributed by atoms with Crippen LogP contribution in [0.25, 0.3) is 0 Å². The molecule has 5 heteroatoms. The molecule has 1 aromatic carbocycles. The first-order chi connectivity index (χ1) is 12.0. The van der Waals surface area contributed by atoms with Crippen LogP contribution >= 0.6 is 11.6 Å². The number of fused-ring (bicyclic) bond motifs is 1. The molecule has 0 unspecified atom stereocenters. The number of ether oxygens (including phenoxy) is 1. The zero-order chi connectivity index (χ0) is 18.0. The predicted octanol–water partition coefficient (Wildman–Crippen LogP) is 4.62. The van der Waals surface area contributed by atoms with Crippen molar-refractivity contribution in [2.45, 2.75) is 32.6 Å². The Morgan fingerprint density at radius 2 is 2.12 bits per heavy atom. The first-order valence-corrected chi connectivity index (χ1v) is 8.68. The van der Waals surface area contributed by atoms with Gasteiger partial charge in [-0.1, -0.05) is 42.0 Å². The minimum atomic E-state index is -0.438. The van der Waals surface area contributed by atoms with Crippen molar-refractivity contribution in [2.75, 3.05) is 6.61 Å². The lowest BCUT2D eigenvalue weighted by Crippen LogP contribution is -2.18. The second-order valence-electron chi connectivity index (χ2n) is 6.20. The lowest BCUT2D eigenvalue weighted by Gasteiger charge is -2.22. The van der Waals surface area contributed by atoms with Gasteiger partial charge in [0.15, 0.2) is 5.78 Å². The number of aromatic amines is 1. The van der Waals surface area contributed by atoms with E-state index < -0.39 is 5.97 Å². The minimum Gasteiger partial charge on any atom is -0.457 e. The number of Topliss-reactive ketones (excluding diaryl/α,β-unsaturated/α-hetero) is 1. The third-order valence-electron chi connectivity index (χ3n) is 4.58. The van der Waals surface area contributed by atoms with Crippen LogP contribution in [0.5, 0.6) is 0 Å². The summed E-state index contributed by atoms with van der Waals surface area (Å²) < 4.78 is 5.20. The van der Waals surface area contributed by atoms with Gasteiger partial charge < -0.3 is 9.72 Å². The number of halogens is 1. The van der Waals surface area contributed by atoms with E-state index in [0.717, 1.165) is 11.3 Å². The van der Waals surface area contributed by atoms with Crippen molar-refractivity contribution >= 4 is 23.4 Å². The number of benzene rings is 1. The Labute approximate surface area is 151 Å². The molecule has 1 aromatic heterocycles. The Hall–Kier alpha value is -2.33. The molecule has 130 valence electrons. The average Bonchev–Trinajstić information content (AvgIpc) is 2.92. The van der Waals surface area contributed by atoms with Gasteiger partial charge in [-0.25, -0.2) is 4.79 Å². The van der Waals surface area contributed by atoms with Gasteiger partial charge in [-0.2, -0.15) is 0 Å². The van der Waals surface area contributed by atoms with E-state index in [1.54, 1.807) is 13.0 Å². The summed E-state index contributed by atoms with van der Waals surface area (Å²) in [7, 11) is 0. The van der Waals surface area contributed by atoms with Gasteiger partial charge in [-0.3, -0.25) is 4.79 Å². The molecule has 0 spiro atoms. The lowest BCUT2D eigenvalue weighted by atomic mass is 9.81. The molecule has 0 radical (unpaired) electrons. The molecule has 4 nitrogen and oxygen atoms in total. The molecule has 0 aliphatic heterocycles. The zero-order valence-corrected chi connectivity index (χ0v) is 15.0. The maximum Gasteiger partial charge on any atom is 0.355 e. The summed E-state index contributed by atoms with van der Waals surface area (Å²) in [5.41, 5.74) is 3.41. The molecule has 1 aliphatic rings. The first-order valence-electron chi connectivity index (χ1n) is 8.30. The van der Waals surface area contributed by atoms with Crippen LogP contribution in [0.2, 0.25) is 5.02 Å². The van der Waals surface area contributed by atoms with Crippen LogP contribution < -0.4 is 0 Å². The standard InChI is InChI=1S/C20H20ClNO3/c1-3-4-9-25-20(24)19-12(2)18-16(22-19)10-13(11-17(18)23)14-7-5-6-8-15(14)21/h3-8,13,22H,9-11H2,1-2H3/b4-3+/t13-/m1/s1. The number of nitrogens with one attached hydrogen (secondary N) is 1. The molecular formula is C20H20ClNO3. The fourth-order valence-electron chi connectivity index (χ4n) is 3.36. The molecule has 0 saturated heterocycles. The number of hydrogen-bond acceptors (Lipinski definition) is 3. The highest BCUT2D eigenvalue weighted by Crippen LogP contribution is 2.37. The molecule has 0 bridgehead atoms. The maximum absolute atomic E-state index is 12.7. The highest BCUT2D eigenvalue weighted by molar-refractivity contribution is 6.31. The molecule has 1 N–H and O–H groups in total. The van der Waals surface area contributed by atoms with Crippen LogP contribution in [0.15, 0.2) is 36.4 Å². The normalized spacial score (nSPS) is 16.9. The topological polar surface area (TPSA) is 59.2 Å². The van der Waals surface area contributed by atoms with Crippen molar-refractivity contribution in [1.82, 2.24) is 4.98 Å². The number of H-pyrrole nitrogens is 1. The summed E-state index contributed by atoms with van der Waals surface area (Å²) >= 11 is 6.29. The van der Waals surface area contributed by atoms with Crippen molar-refractivity contribution in [2.24, 2.45) is 0 Å². The Morgan fingerprint density at radius 3 is 2.84 bits per heavy atom. The van der Waals surface area contributed by atoms with Gasteiger partial charge in [0.1, 0.15) is 12.3 Å². The van der Waals surface area contributed by atoms with Crippen LogP contribution in [0.4, 0.5) is 0 Å². The van der Waals surface area contributed by atoms with E-state index in [1.165, 1.54) is 0 Å². The summed E-state index contributed by atoms with van der Waals surface area (Å²) in [6.07, 6.45) is 4.61. The fourth-order valence-corrected chi connectivity index (χ4v) is 3.65. The van der Waals surface area contributed by atoms with Gasteiger partial charge in [0.2, 0.25) is 0 Å². The zero-order valence-electron chi connectivity index (χ0n) is 14.3.